The Kier molecular flexibility index (Phi) is 4.51. The van der Waals surface area contributed by atoms with Crippen molar-refractivity contribution in [3.05, 3.63) is 0 Å². The summed E-state index contributed by atoms with van der Waals surface area (Å²) in [5.41, 5.74) is 0. The first-order chi connectivity index (χ1) is 7.98. The molecule has 4 nitrogen and oxygen atoms in total. The van der Waals surface area contributed by atoms with Gasteiger partial charge in [-0.15, -0.1) is 0 Å². The maximum absolute atomic E-state index is 13.5. The molecule has 0 amide bonds. The number of rotatable bonds is 3. The molecule has 3 atom stereocenters. The van der Waals surface area contributed by atoms with Gasteiger partial charge in [0.2, 0.25) is 0 Å². The summed E-state index contributed by atoms with van der Waals surface area (Å²) >= 11 is 0. The van der Waals surface area contributed by atoms with Gasteiger partial charge in [0.05, 0.1) is 0 Å². The molecule has 10 heteroatoms. The normalized spacial score (nSPS) is 31.4. The predicted octanol–water partition coefficient (Wildman–Crippen LogP) is -1.62. The zero-order valence-corrected chi connectivity index (χ0v) is 12.7. The Hall–Kier alpha value is 0.300. The third-order valence-corrected chi connectivity index (χ3v) is 4.68. The fourth-order valence-electron chi connectivity index (χ4n) is 2.87. The average molecular weight is 312 g/mol. The van der Waals surface area contributed by atoms with Crippen LogP contribution < -0.4 is 29.6 Å². The number of carbonyl (C=O) groups is 1. The second kappa shape index (κ2) is 4.94. The van der Waals surface area contributed by atoms with Gasteiger partial charge in [0.25, 0.3) is 0 Å². The van der Waals surface area contributed by atoms with Crippen LogP contribution in [0.4, 0.5) is 17.6 Å². The monoisotopic (exact) mass is 312 g/mol. The van der Waals surface area contributed by atoms with Crippen LogP contribution in [0.1, 0.15) is 19.3 Å². The van der Waals surface area contributed by atoms with Crippen LogP contribution >= 0.6 is 0 Å². The van der Waals surface area contributed by atoms with Crippen LogP contribution in [0.5, 0.6) is 0 Å². The molecule has 0 aromatic heterocycles. The van der Waals surface area contributed by atoms with E-state index in [0.717, 1.165) is 0 Å². The van der Waals surface area contributed by atoms with Crippen molar-refractivity contribution in [1.29, 1.82) is 0 Å². The third-order valence-electron chi connectivity index (χ3n) is 3.78. The molecule has 2 saturated carbocycles. The molecule has 2 aliphatic carbocycles. The predicted molar refractivity (Wildman–Crippen MR) is 48.9 cm³/mol. The zero-order chi connectivity index (χ0) is 13.9. The number of alkyl halides is 4. The molecule has 0 saturated heterocycles. The molecule has 0 aromatic rings. The Morgan fingerprint density at radius 3 is 2.00 bits per heavy atom. The molecule has 0 spiro atoms. The van der Waals surface area contributed by atoms with Gasteiger partial charge in [-0.2, -0.15) is 17.6 Å². The molecule has 104 valence electrons. The van der Waals surface area contributed by atoms with E-state index in [0.29, 0.717) is 0 Å². The maximum Gasteiger partial charge on any atom is 1.00 e. The van der Waals surface area contributed by atoms with Crippen molar-refractivity contribution in [2.75, 3.05) is 0 Å². The molecule has 19 heavy (non-hydrogen) atoms. The van der Waals surface area contributed by atoms with Gasteiger partial charge in [0, 0.05) is 18.3 Å². The third kappa shape index (κ3) is 2.48. The molecule has 0 aromatic carbocycles. The van der Waals surface area contributed by atoms with Crippen molar-refractivity contribution in [3.8, 4) is 0 Å². The van der Waals surface area contributed by atoms with Crippen LogP contribution in [0.2, 0.25) is 0 Å². The Bertz CT molecular complexity index is 492. The summed E-state index contributed by atoms with van der Waals surface area (Å²) in [5.74, 6) is -8.81. The van der Waals surface area contributed by atoms with Crippen LogP contribution in [0.15, 0.2) is 0 Å². The van der Waals surface area contributed by atoms with Gasteiger partial charge in [-0.25, -0.2) is 8.42 Å². The van der Waals surface area contributed by atoms with Crippen molar-refractivity contribution >= 4 is 15.9 Å². The molecular formula is C9H9F4NaO4S. The molecule has 2 rings (SSSR count). The Labute approximate surface area is 129 Å². The van der Waals surface area contributed by atoms with Gasteiger partial charge in [-0.3, -0.25) is 4.79 Å². The van der Waals surface area contributed by atoms with Gasteiger partial charge >= 0.3 is 40.7 Å². The van der Waals surface area contributed by atoms with Crippen LogP contribution in [0.25, 0.3) is 0 Å². The van der Waals surface area contributed by atoms with E-state index in [1.165, 1.54) is 0 Å². The summed E-state index contributed by atoms with van der Waals surface area (Å²) in [6, 6.07) is 0. The molecular weight excluding hydrogens is 303 g/mol. The first-order valence-electron chi connectivity index (χ1n) is 5.22. The van der Waals surface area contributed by atoms with E-state index in [-0.39, 0.29) is 48.2 Å². The van der Waals surface area contributed by atoms with E-state index in [2.05, 4.69) is 0 Å². The summed E-state index contributed by atoms with van der Waals surface area (Å²) in [5, 5.41) is -5.64. The fourth-order valence-corrected chi connectivity index (χ4v) is 3.35. The molecule has 3 unspecified atom stereocenters. The number of fused-ring (bicyclic) bond motifs is 2. The van der Waals surface area contributed by atoms with Crippen molar-refractivity contribution in [2.24, 2.45) is 17.8 Å². The Morgan fingerprint density at radius 1 is 1.16 bits per heavy atom. The number of hydrogen-bond donors (Lipinski definition) is 0. The molecule has 0 N–H and O–H groups in total. The van der Waals surface area contributed by atoms with Gasteiger partial charge < -0.3 is 4.55 Å². The summed E-state index contributed by atoms with van der Waals surface area (Å²) in [6.07, 6.45) is -0.671. The number of hydrogen-bond acceptors (Lipinski definition) is 4. The van der Waals surface area contributed by atoms with E-state index >= 15 is 0 Å². The Balaban J connectivity index is 0.00000180. The van der Waals surface area contributed by atoms with Crippen LogP contribution in [-0.2, 0) is 14.9 Å². The van der Waals surface area contributed by atoms with Crippen molar-refractivity contribution in [1.82, 2.24) is 0 Å². The number of halogens is 4. The van der Waals surface area contributed by atoms with E-state index in [1.54, 1.807) is 0 Å². The molecule has 2 aliphatic rings. The minimum absolute atomic E-state index is 0. The molecule has 0 heterocycles. The second-order valence-electron chi connectivity index (χ2n) is 4.80. The van der Waals surface area contributed by atoms with E-state index < -0.39 is 45.5 Å². The van der Waals surface area contributed by atoms with Crippen LogP contribution in [0.3, 0.4) is 0 Å². The topological polar surface area (TPSA) is 74.3 Å². The van der Waals surface area contributed by atoms with Crippen molar-refractivity contribution < 1.29 is 64.9 Å². The van der Waals surface area contributed by atoms with Gasteiger partial charge in [0.1, 0.15) is 5.78 Å². The molecule has 2 bridgehead atoms. The fraction of sp³-hybridized carbons (Fsp3) is 0.889. The zero-order valence-electron chi connectivity index (χ0n) is 9.91. The van der Waals surface area contributed by atoms with E-state index in [4.69, 9.17) is 0 Å². The number of ketones is 1. The quantitative estimate of drug-likeness (QED) is 0.357. The molecule has 2 fully saturated rings. The SMILES string of the molecule is O=C1CC2CC1CC2C(F)(F)C(F)(F)S(=O)(=O)[O-].[Na+]. The Morgan fingerprint density at radius 2 is 1.68 bits per heavy atom. The smallest absolute Gasteiger partial charge is 0.743 e. The second-order valence-corrected chi connectivity index (χ2v) is 6.22. The average Bonchev–Trinajstić information content (AvgIpc) is 2.73. The van der Waals surface area contributed by atoms with Crippen molar-refractivity contribution in [3.63, 3.8) is 0 Å². The summed E-state index contributed by atoms with van der Waals surface area (Å²) in [7, 11) is -6.45. The van der Waals surface area contributed by atoms with Crippen molar-refractivity contribution in [2.45, 2.75) is 30.4 Å². The van der Waals surface area contributed by atoms with Gasteiger partial charge in [-0.05, 0) is 18.8 Å². The van der Waals surface area contributed by atoms with Gasteiger partial charge in [-0.1, -0.05) is 0 Å². The minimum atomic E-state index is -6.45. The first-order valence-corrected chi connectivity index (χ1v) is 6.63. The number of carbonyl (C=O) groups excluding carboxylic acids is 1. The summed E-state index contributed by atoms with van der Waals surface area (Å²) in [4.78, 5) is 11.1. The first kappa shape index (κ1) is 17.4. The maximum atomic E-state index is 13.5. The minimum Gasteiger partial charge on any atom is -0.743 e. The summed E-state index contributed by atoms with van der Waals surface area (Å²) in [6.45, 7) is 0. The van der Waals surface area contributed by atoms with E-state index in [9.17, 15) is 35.3 Å². The molecule has 0 radical (unpaired) electrons. The largest absolute Gasteiger partial charge is 1.00 e. The molecule has 0 aliphatic heterocycles. The standard InChI is InChI=1S/C9H10F4O4S.Na/c10-8(11,9(12,13)18(15,16)17)6-2-5-1-4(6)3-7(5)14;/h4-6H,1-3H2,(H,15,16,17);/q;+1/p-1. The van der Waals surface area contributed by atoms with Crippen LogP contribution in [0, 0.1) is 17.8 Å². The van der Waals surface area contributed by atoms with E-state index in [1.807, 2.05) is 0 Å². The summed E-state index contributed by atoms with van der Waals surface area (Å²) < 4.78 is 84.0. The van der Waals surface area contributed by atoms with Gasteiger partial charge in [0.15, 0.2) is 10.1 Å². The number of Topliss-reactive ketones (excluding diaryl/α,β-unsaturated/α-hetero) is 1. The van der Waals surface area contributed by atoms with Crippen LogP contribution in [-0.4, -0.2) is 29.9 Å².